The third kappa shape index (κ3) is 15.5. The van der Waals surface area contributed by atoms with Crippen molar-refractivity contribution in [2.45, 2.75) is 76.3 Å². The molecule has 5 N–H and O–H groups in total. The summed E-state index contributed by atoms with van der Waals surface area (Å²) in [6.45, 7) is 0.0417. The molecular formula is C41H50N4O9. The SMILES string of the molecule is O=C(C[C@H]1CC=CC[C@@H](NC(=O)OCc2ccccc2)C(=O)OC[C@H](CCCCNC(=O)OCc2ccccc2)NC1=O)N[C@@H](CO)Cc1ccccc1. The Bertz CT molecular complexity index is 1640. The van der Waals surface area contributed by atoms with Crippen LogP contribution in [0.1, 0.15) is 55.2 Å². The second kappa shape index (κ2) is 23.1. The van der Waals surface area contributed by atoms with Crippen LogP contribution in [0.15, 0.2) is 103 Å². The number of benzene rings is 3. The van der Waals surface area contributed by atoms with E-state index < -0.39 is 42.2 Å². The maximum atomic E-state index is 13.6. The van der Waals surface area contributed by atoms with Gasteiger partial charge in [0.2, 0.25) is 11.8 Å². The predicted octanol–water partition coefficient (Wildman–Crippen LogP) is 4.48. The summed E-state index contributed by atoms with van der Waals surface area (Å²) in [4.78, 5) is 64.8. The Hall–Kier alpha value is -5.69. The summed E-state index contributed by atoms with van der Waals surface area (Å²) in [6, 6.07) is 25.7. The van der Waals surface area contributed by atoms with Gasteiger partial charge >= 0.3 is 18.2 Å². The fraction of sp³-hybridized carbons (Fsp3) is 0.390. The molecule has 0 fully saturated rings. The van der Waals surface area contributed by atoms with E-state index in [0.29, 0.717) is 32.2 Å². The number of unbranched alkanes of at least 4 members (excludes halogenated alkanes) is 1. The average molecular weight is 743 g/mol. The number of alkyl carbamates (subject to hydrolysis) is 2. The van der Waals surface area contributed by atoms with Crippen molar-refractivity contribution in [1.82, 2.24) is 21.3 Å². The molecule has 4 atom stereocenters. The number of amides is 4. The lowest BCUT2D eigenvalue weighted by atomic mass is 9.97. The Labute approximate surface area is 315 Å². The number of aliphatic hydroxyl groups is 1. The Kier molecular flexibility index (Phi) is 17.6. The fourth-order valence-electron chi connectivity index (χ4n) is 5.75. The smallest absolute Gasteiger partial charge is 0.408 e. The summed E-state index contributed by atoms with van der Waals surface area (Å²) in [5.74, 6) is -2.23. The van der Waals surface area contributed by atoms with Gasteiger partial charge in [-0.1, -0.05) is 103 Å². The molecule has 3 aromatic carbocycles. The summed E-state index contributed by atoms with van der Waals surface area (Å²) >= 11 is 0. The molecule has 0 spiro atoms. The third-order valence-corrected chi connectivity index (χ3v) is 8.70. The maximum absolute atomic E-state index is 13.6. The number of rotatable bonds is 16. The van der Waals surface area contributed by atoms with Crippen LogP contribution in [0, 0.1) is 5.92 Å². The Balaban J connectivity index is 1.36. The Morgan fingerprint density at radius 2 is 1.39 bits per heavy atom. The molecule has 0 unspecified atom stereocenters. The van der Waals surface area contributed by atoms with Crippen LogP contribution in [0.25, 0.3) is 0 Å². The largest absolute Gasteiger partial charge is 0.462 e. The number of hydrogen-bond donors (Lipinski definition) is 5. The number of allylic oxidation sites excluding steroid dienone is 1. The number of aliphatic hydroxyl groups excluding tert-OH is 1. The van der Waals surface area contributed by atoms with Gasteiger partial charge < -0.3 is 40.6 Å². The molecule has 0 radical (unpaired) electrons. The fourth-order valence-corrected chi connectivity index (χ4v) is 5.75. The summed E-state index contributed by atoms with van der Waals surface area (Å²) in [6.07, 6.45) is 4.06. The van der Waals surface area contributed by atoms with Gasteiger partial charge in [-0.15, -0.1) is 0 Å². The van der Waals surface area contributed by atoms with Crippen LogP contribution < -0.4 is 21.3 Å². The van der Waals surface area contributed by atoms with E-state index in [2.05, 4.69) is 21.3 Å². The monoisotopic (exact) mass is 742 g/mol. The third-order valence-electron chi connectivity index (χ3n) is 8.70. The summed E-state index contributed by atoms with van der Waals surface area (Å²) in [5.41, 5.74) is 2.60. The van der Waals surface area contributed by atoms with Gasteiger partial charge in [-0.05, 0) is 55.2 Å². The first-order chi connectivity index (χ1) is 26.3. The molecule has 3 aromatic rings. The molecule has 288 valence electrons. The first kappa shape index (κ1) is 41.1. The van der Waals surface area contributed by atoms with Crippen LogP contribution in [-0.2, 0) is 48.2 Å². The lowest BCUT2D eigenvalue weighted by Gasteiger charge is -2.25. The van der Waals surface area contributed by atoms with Crippen LogP contribution in [0.5, 0.6) is 0 Å². The molecule has 1 heterocycles. The predicted molar refractivity (Wildman–Crippen MR) is 201 cm³/mol. The zero-order valence-corrected chi connectivity index (χ0v) is 30.3. The second-order valence-corrected chi connectivity index (χ2v) is 13.1. The van der Waals surface area contributed by atoms with E-state index in [-0.39, 0.29) is 57.5 Å². The first-order valence-corrected chi connectivity index (χ1v) is 18.3. The zero-order chi connectivity index (χ0) is 38.4. The molecule has 4 rings (SSSR count). The minimum atomic E-state index is -1.06. The van der Waals surface area contributed by atoms with Gasteiger partial charge in [0.05, 0.1) is 24.6 Å². The summed E-state index contributed by atoms with van der Waals surface area (Å²) in [5, 5.41) is 21.0. The van der Waals surface area contributed by atoms with Crippen molar-refractivity contribution < 1.29 is 43.3 Å². The van der Waals surface area contributed by atoms with Crippen LogP contribution in [0.4, 0.5) is 9.59 Å². The number of nitrogens with one attached hydrogen (secondary N) is 4. The van der Waals surface area contributed by atoms with Gasteiger partial charge in [-0.25, -0.2) is 14.4 Å². The second-order valence-electron chi connectivity index (χ2n) is 13.1. The highest BCUT2D eigenvalue weighted by atomic mass is 16.6. The van der Waals surface area contributed by atoms with Crippen LogP contribution >= 0.6 is 0 Å². The molecular weight excluding hydrogens is 692 g/mol. The highest BCUT2D eigenvalue weighted by Crippen LogP contribution is 2.15. The van der Waals surface area contributed by atoms with E-state index in [1.165, 1.54) is 0 Å². The molecule has 1 aliphatic rings. The lowest BCUT2D eigenvalue weighted by molar-refractivity contribution is -0.147. The molecule has 54 heavy (non-hydrogen) atoms. The van der Waals surface area contributed by atoms with E-state index in [1.54, 1.807) is 12.2 Å². The van der Waals surface area contributed by atoms with Crippen molar-refractivity contribution in [2.24, 2.45) is 5.92 Å². The van der Waals surface area contributed by atoms with Crippen molar-refractivity contribution in [3.63, 3.8) is 0 Å². The molecule has 0 aliphatic carbocycles. The van der Waals surface area contributed by atoms with Gasteiger partial charge in [0.1, 0.15) is 25.9 Å². The van der Waals surface area contributed by atoms with Gasteiger partial charge in [0.15, 0.2) is 0 Å². The van der Waals surface area contributed by atoms with Gasteiger partial charge in [-0.3, -0.25) is 9.59 Å². The topological polar surface area (TPSA) is 181 Å². The van der Waals surface area contributed by atoms with Crippen molar-refractivity contribution in [3.8, 4) is 0 Å². The molecule has 4 amide bonds. The molecule has 13 heteroatoms. The highest BCUT2D eigenvalue weighted by Gasteiger charge is 2.28. The lowest BCUT2D eigenvalue weighted by Crippen LogP contribution is -2.46. The standard InChI is InChI=1S/C41H50N4O9/c46-26-35(24-30-14-4-1-5-15-30)43-37(47)25-33-20-10-11-22-36(45-41(51)54-28-32-18-8-3-9-19-32)39(49)52-29-34(44-38(33)48)21-12-13-23-42-40(50)53-27-31-16-6-2-7-17-31/h1-11,14-19,33-36,46H,12-13,20-29H2,(H,42,50)(H,43,47)(H,44,48)(H,45,51)/t33-,34+,35-,36-/m1/s1. The van der Waals surface area contributed by atoms with Crippen molar-refractivity contribution in [1.29, 1.82) is 0 Å². The molecule has 0 saturated heterocycles. The van der Waals surface area contributed by atoms with E-state index >= 15 is 0 Å². The Morgan fingerprint density at radius 1 is 0.796 bits per heavy atom. The van der Waals surface area contributed by atoms with E-state index in [0.717, 1.165) is 16.7 Å². The van der Waals surface area contributed by atoms with Gasteiger partial charge in [0.25, 0.3) is 0 Å². The summed E-state index contributed by atoms with van der Waals surface area (Å²) in [7, 11) is 0. The van der Waals surface area contributed by atoms with E-state index in [4.69, 9.17) is 14.2 Å². The van der Waals surface area contributed by atoms with E-state index in [9.17, 15) is 29.1 Å². The normalized spacial score (nSPS) is 18.1. The number of cyclic esters (lactones) is 1. The highest BCUT2D eigenvalue weighted by molar-refractivity contribution is 5.86. The maximum Gasteiger partial charge on any atom is 0.408 e. The van der Waals surface area contributed by atoms with Crippen molar-refractivity contribution in [2.75, 3.05) is 19.8 Å². The number of esters is 1. The molecule has 13 nitrogen and oxygen atoms in total. The van der Waals surface area contributed by atoms with Crippen molar-refractivity contribution in [3.05, 3.63) is 120 Å². The average Bonchev–Trinajstić information content (AvgIpc) is 3.19. The first-order valence-electron chi connectivity index (χ1n) is 18.3. The van der Waals surface area contributed by atoms with Gasteiger partial charge in [-0.2, -0.15) is 0 Å². The van der Waals surface area contributed by atoms with Crippen LogP contribution in [-0.4, -0.2) is 73.0 Å². The van der Waals surface area contributed by atoms with Crippen LogP contribution in [0.2, 0.25) is 0 Å². The molecule has 0 aromatic heterocycles. The van der Waals surface area contributed by atoms with Crippen molar-refractivity contribution >= 4 is 30.0 Å². The number of ether oxygens (including phenoxy) is 3. The number of carbonyl (C=O) groups excluding carboxylic acids is 5. The minimum Gasteiger partial charge on any atom is -0.462 e. The Morgan fingerprint density at radius 3 is 2.02 bits per heavy atom. The minimum absolute atomic E-state index is 0.0181. The quantitative estimate of drug-likeness (QED) is 0.0612. The number of carbonyl (C=O) groups is 5. The van der Waals surface area contributed by atoms with E-state index in [1.807, 2.05) is 91.0 Å². The van der Waals surface area contributed by atoms with Gasteiger partial charge in [0, 0.05) is 13.0 Å². The molecule has 0 bridgehead atoms. The number of hydrogen-bond acceptors (Lipinski definition) is 9. The summed E-state index contributed by atoms with van der Waals surface area (Å²) < 4.78 is 16.2. The van der Waals surface area contributed by atoms with Crippen LogP contribution in [0.3, 0.4) is 0 Å². The molecule has 1 aliphatic heterocycles. The molecule has 0 saturated carbocycles. The zero-order valence-electron chi connectivity index (χ0n) is 30.3.